The van der Waals surface area contributed by atoms with Crippen LogP contribution in [0.3, 0.4) is 0 Å². The predicted molar refractivity (Wildman–Crippen MR) is 79.0 cm³/mol. The molecule has 1 aromatic rings. The standard InChI is InChI=1S/C16H25FN2O/c1-15(2)10-19(11-16(3,4)20-15)14(9-18)12-7-5-6-8-13(12)17/h5-8,14H,9-11,18H2,1-4H3. The highest BCUT2D eigenvalue weighted by Gasteiger charge is 2.40. The Bertz CT molecular complexity index is 457. The molecule has 0 bridgehead atoms. The van der Waals surface area contributed by atoms with Crippen LogP contribution in [-0.4, -0.2) is 35.7 Å². The zero-order valence-electron chi connectivity index (χ0n) is 12.8. The molecule has 0 aliphatic carbocycles. The molecule has 0 saturated carbocycles. The van der Waals surface area contributed by atoms with Crippen LogP contribution in [0.5, 0.6) is 0 Å². The van der Waals surface area contributed by atoms with Crippen LogP contribution in [-0.2, 0) is 4.74 Å². The van der Waals surface area contributed by atoms with E-state index in [0.717, 1.165) is 13.1 Å². The van der Waals surface area contributed by atoms with Crippen molar-refractivity contribution in [2.24, 2.45) is 5.73 Å². The molecule has 0 radical (unpaired) electrons. The van der Waals surface area contributed by atoms with E-state index in [0.29, 0.717) is 12.1 Å². The molecule has 1 atom stereocenters. The van der Waals surface area contributed by atoms with Crippen molar-refractivity contribution in [3.05, 3.63) is 35.6 Å². The second kappa shape index (κ2) is 5.43. The average molecular weight is 280 g/mol. The zero-order valence-corrected chi connectivity index (χ0v) is 12.8. The van der Waals surface area contributed by atoms with Gasteiger partial charge in [-0.3, -0.25) is 4.90 Å². The molecule has 1 saturated heterocycles. The third kappa shape index (κ3) is 3.37. The number of nitrogens with zero attached hydrogens (tertiary/aromatic N) is 1. The molecule has 1 fully saturated rings. The summed E-state index contributed by atoms with van der Waals surface area (Å²) in [5, 5.41) is 0. The van der Waals surface area contributed by atoms with Crippen molar-refractivity contribution < 1.29 is 9.13 Å². The number of nitrogens with two attached hydrogens (primary N) is 1. The second-order valence-corrected chi connectivity index (χ2v) is 6.80. The van der Waals surface area contributed by atoms with E-state index in [-0.39, 0.29) is 23.1 Å². The molecule has 4 heteroatoms. The molecule has 20 heavy (non-hydrogen) atoms. The van der Waals surface area contributed by atoms with Gasteiger partial charge in [0, 0.05) is 25.2 Å². The highest BCUT2D eigenvalue weighted by molar-refractivity contribution is 5.22. The highest BCUT2D eigenvalue weighted by atomic mass is 19.1. The fourth-order valence-electron chi connectivity index (χ4n) is 3.29. The molecular weight excluding hydrogens is 255 g/mol. The molecular formula is C16H25FN2O. The van der Waals surface area contributed by atoms with Gasteiger partial charge >= 0.3 is 0 Å². The SMILES string of the molecule is CC1(C)CN(C(CN)c2ccccc2F)CC(C)(C)O1. The summed E-state index contributed by atoms with van der Waals surface area (Å²) in [7, 11) is 0. The van der Waals surface area contributed by atoms with Gasteiger partial charge in [0.25, 0.3) is 0 Å². The monoisotopic (exact) mass is 280 g/mol. The van der Waals surface area contributed by atoms with Crippen molar-refractivity contribution >= 4 is 0 Å². The first-order valence-electron chi connectivity index (χ1n) is 7.13. The first-order valence-corrected chi connectivity index (χ1v) is 7.13. The summed E-state index contributed by atoms with van der Waals surface area (Å²) in [6.45, 7) is 10.1. The van der Waals surface area contributed by atoms with E-state index in [1.165, 1.54) is 6.07 Å². The number of hydrogen-bond acceptors (Lipinski definition) is 3. The first-order chi connectivity index (χ1) is 9.24. The van der Waals surface area contributed by atoms with Gasteiger partial charge in [-0.1, -0.05) is 18.2 Å². The summed E-state index contributed by atoms with van der Waals surface area (Å²) in [6, 6.07) is 6.77. The summed E-state index contributed by atoms with van der Waals surface area (Å²) in [5.74, 6) is -0.190. The minimum Gasteiger partial charge on any atom is -0.367 e. The maximum absolute atomic E-state index is 14.1. The molecule has 1 heterocycles. The fraction of sp³-hybridized carbons (Fsp3) is 0.625. The minimum atomic E-state index is -0.263. The Hall–Kier alpha value is -0.970. The molecule has 2 rings (SSSR count). The lowest BCUT2D eigenvalue weighted by Crippen LogP contribution is -2.58. The third-order valence-corrected chi connectivity index (χ3v) is 3.65. The van der Waals surface area contributed by atoms with Crippen LogP contribution in [0.1, 0.15) is 39.3 Å². The van der Waals surface area contributed by atoms with E-state index in [1.807, 2.05) is 12.1 Å². The number of hydrogen-bond donors (Lipinski definition) is 1. The van der Waals surface area contributed by atoms with Crippen molar-refractivity contribution in [3.8, 4) is 0 Å². The lowest BCUT2D eigenvalue weighted by molar-refractivity contribution is -0.187. The van der Waals surface area contributed by atoms with Gasteiger partial charge in [-0.05, 0) is 33.8 Å². The van der Waals surface area contributed by atoms with E-state index in [1.54, 1.807) is 6.07 Å². The highest BCUT2D eigenvalue weighted by Crippen LogP contribution is 2.33. The number of morpholine rings is 1. The molecule has 2 N–H and O–H groups in total. The Kier molecular flexibility index (Phi) is 4.19. The Morgan fingerprint density at radius 2 is 1.75 bits per heavy atom. The van der Waals surface area contributed by atoms with E-state index < -0.39 is 0 Å². The topological polar surface area (TPSA) is 38.5 Å². The van der Waals surface area contributed by atoms with E-state index in [4.69, 9.17) is 10.5 Å². The Morgan fingerprint density at radius 1 is 1.20 bits per heavy atom. The quantitative estimate of drug-likeness (QED) is 0.925. The van der Waals surface area contributed by atoms with Crippen molar-refractivity contribution in [2.75, 3.05) is 19.6 Å². The predicted octanol–water partition coefficient (Wildman–Crippen LogP) is 2.71. The van der Waals surface area contributed by atoms with Crippen LogP contribution in [0.25, 0.3) is 0 Å². The molecule has 0 aromatic heterocycles. The normalized spacial score (nSPS) is 23.5. The van der Waals surface area contributed by atoms with Gasteiger partial charge in [0.1, 0.15) is 5.82 Å². The van der Waals surface area contributed by atoms with Gasteiger partial charge in [-0.25, -0.2) is 4.39 Å². The van der Waals surface area contributed by atoms with Gasteiger partial charge in [0.2, 0.25) is 0 Å². The number of ether oxygens (including phenoxy) is 1. The lowest BCUT2D eigenvalue weighted by atomic mass is 9.95. The molecule has 0 spiro atoms. The van der Waals surface area contributed by atoms with Crippen LogP contribution < -0.4 is 5.73 Å². The zero-order chi connectivity index (χ0) is 15.0. The maximum Gasteiger partial charge on any atom is 0.128 e. The number of benzene rings is 1. The summed E-state index contributed by atoms with van der Waals surface area (Å²) >= 11 is 0. The van der Waals surface area contributed by atoms with Gasteiger partial charge in [-0.2, -0.15) is 0 Å². The van der Waals surface area contributed by atoms with Crippen molar-refractivity contribution in [3.63, 3.8) is 0 Å². The number of halogens is 1. The van der Waals surface area contributed by atoms with Crippen LogP contribution in [0.2, 0.25) is 0 Å². The van der Waals surface area contributed by atoms with Crippen LogP contribution in [0.15, 0.2) is 24.3 Å². The summed E-state index contributed by atoms with van der Waals surface area (Å²) < 4.78 is 20.1. The van der Waals surface area contributed by atoms with Gasteiger partial charge in [0.15, 0.2) is 0 Å². The average Bonchev–Trinajstić information content (AvgIpc) is 2.28. The maximum atomic E-state index is 14.1. The van der Waals surface area contributed by atoms with E-state index >= 15 is 0 Å². The van der Waals surface area contributed by atoms with Crippen LogP contribution in [0.4, 0.5) is 4.39 Å². The minimum absolute atomic E-state index is 0.112. The first kappa shape index (κ1) is 15.4. The molecule has 112 valence electrons. The summed E-state index contributed by atoms with van der Waals surface area (Å²) in [6.07, 6.45) is 0. The molecule has 3 nitrogen and oxygen atoms in total. The van der Waals surface area contributed by atoms with E-state index in [9.17, 15) is 4.39 Å². The molecule has 1 aliphatic heterocycles. The second-order valence-electron chi connectivity index (χ2n) is 6.80. The Labute approximate surface area is 120 Å². The summed E-state index contributed by atoms with van der Waals surface area (Å²) in [5.41, 5.74) is 6.08. The van der Waals surface area contributed by atoms with Crippen LogP contribution >= 0.6 is 0 Å². The fourth-order valence-corrected chi connectivity index (χ4v) is 3.29. The number of rotatable bonds is 3. The molecule has 1 unspecified atom stereocenters. The van der Waals surface area contributed by atoms with Crippen molar-refractivity contribution in [1.82, 2.24) is 4.90 Å². The lowest BCUT2D eigenvalue weighted by Gasteiger charge is -2.49. The van der Waals surface area contributed by atoms with Crippen molar-refractivity contribution in [2.45, 2.75) is 44.9 Å². The van der Waals surface area contributed by atoms with Crippen molar-refractivity contribution in [1.29, 1.82) is 0 Å². The van der Waals surface area contributed by atoms with Gasteiger partial charge < -0.3 is 10.5 Å². The third-order valence-electron chi connectivity index (χ3n) is 3.65. The molecule has 1 aromatic carbocycles. The van der Waals surface area contributed by atoms with Gasteiger partial charge in [0.05, 0.1) is 17.2 Å². The summed E-state index contributed by atoms with van der Waals surface area (Å²) in [4.78, 5) is 2.24. The molecule has 0 amide bonds. The Morgan fingerprint density at radius 3 is 2.25 bits per heavy atom. The van der Waals surface area contributed by atoms with Crippen LogP contribution in [0, 0.1) is 5.82 Å². The largest absolute Gasteiger partial charge is 0.367 e. The molecule has 1 aliphatic rings. The smallest absolute Gasteiger partial charge is 0.128 e. The van der Waals surface area contributed by atoms with E-state index in [2.05, 4.69) is 32.6 Å². The van der Waals surface area contributed by atoms with Gasteiger partial charge in [-0.15, -0.1) is 0 Å². The Balaban J connectivity index is 2.30.